The molecular weight excluding hydrogens is 264 g/mol. The topological polar surface area (TPSA) is 43.2 Å². The van der Waals surface area contributed by atoms with E-state index < -0.39 is 0 Å². The SMILES string of the molecule is CN=C(Cl)N=C(OCc1cccc(OC)c1)C(C)C. The summed E-state index contributed by atoms with van der Waals surface area (Å²) in [5.41, 5.74) is 1.01. The molecule has 104 valence electrons. The van der Waals surface area contributed by atoms with Crippen molar-refractivity contribution in [3.05, 3.63) is 29.8 Å². The van der Waals surface area contributed by atoms with Crippen molar-refractivity contribution in [1.82, 2.24) is 0 Å². The number of methoxy groups -OCH3 is 1. The normalized spacial score (nSPS) is 12.7. The van der Waals surface area contributed by atoms with Gasteiger partial charge in [-0.2, -0.15) is 4.99 Å². The first-order valence-corrected chi connectivity index (χ1v) is 6.41. The quantitative estimate of drug-likeness (QED) is 0.482. The van der Waals surface area contributed by atoms with Gasteiger partial charge in [-0.25, -0.2) is 0 Å². The Bertz CT molecular complexity index is 470. The van der Waals surface area contributed by atoms with Crippen molar-refractivity contribution in [3.8, 4) is 5.75 Å². The zero-order valence-electron chi connectivity index (χ0n) is 11.7. The fourth-order valence-electron chi connectivity index (χ4n) is 1.39. The molecule has 0 fully saturated rings. The molecule has 0 heterocycles. The lowest BCUT2D eigenvalue weighted by atomic mass is 10.2. The van der Waals surface area contributed by atoms with Crippen molar-refractivity contribution in [2.75, 3.05) is 14.2 Å². The molecule has 5 heteroatoms. The predicted octanol–water partition coefficient (Wildman–Crippen LogP) is 3.49. The van der Waals surface area contributed by atoms with Gasteiger partial charge in [-0.3, -0.25) is 4.99 Å². The molecule has 0 unspecified atom stereocenters. The van der Waals surface area contributed by atoms with E-state index in [4.69, 9.17) is 21.1 Å². The average Bonchev–Trinajstić information content (AvgIpc) is 2.42. The molecule has 0 aliphatic carbocycles. The third-order valence-corrected chi connectivity index (χ3v) is 2.66. The highest BCUT2D eigenvalue weighted by Crippen LogP contribution is 2.14. The van der Waals surface area contributed by atoms with Crippen LogP contribution >= 0.6 is 11.6 Å². The molecule has 0 N–H and O–H groups in total. The summed E-state index contributed by atoms with van der Waals surface area (Å²) in [6.07, 6.45) is 0. The van der Waals surface area contributed by atoms with Gasteiger partial charge in [0.05, 0.1) is 7.11 Å². The lowest BCUT2D eigenvalue weighted by molar-refractivity contribution is 0.273. The van der Waals surface area contributed by atoms with E-state index in [0.717, 1.165) is 11.3 Å². The second-order valence-electron chi connectivity index (χ2n) is 4.24. The maximum atomic E-state index is 5.80. The van der Waals surface area contributed by atoms with Gasteiger partial charge < -0.3 is 9.47 Å². The maximum absolute atomic E-state index is 5.80. The van der Waals surface area contributed by atoms with Gasteiger partial charge in [-0.15, -0.1) is 0 Å². The van der Waals surface area contributed by atoms with E-state index in [1.807, 2.05) is 38.1 Å². The van der Waals surface area contributed by atoms with Crippen molar-refractivity contribution >= 4 is 22.8 Å². The molecule has 1 aromatic carbocycles. The van der Waals surface area contributed by atoms with Crippen LogP contribution in [0.25, 0.3) is 0 Å². The number of rotatable bonds is 4. The Labute approximate surface area is 119 Å². The molecule has 4 nitrogen and oxygen atoms in total. The molecule has 1 rings (SSSR count). The van der Waals surface area contributed by atoms with Crippen LogP contribution in [0.1, 0.15) is 19.4 Å². The molecule has 0 aromatic heterocycles. The highest BCUT2D eigenvalue weighted by Gasteiger charge is 2.08. The number of hydrogen-bond donors (Lipinski definition) is 0. The van der Waals surface area contributed by atoms with Crippen molar-refractivity contribution in [3.63, 3.8) is 0 Å². The minimum Gasteiger partial charge on any atom is -0.497 e. The average molecular weight is 283 g/mol. The van der Waals surface area contributed by atoms with Gasteiger partial charge >= 0.3 is 0 Å². The third kappa shape index (κ3) is 5.30. The molecule has 0 saturated carbocycles. The Morgan fingerprint density at radius 1 is 1.37 bits per heavy atom. The molecule has 1 aromatic rings. The summed E-state index contributed by atoms with van der Waals surface area (Å²) in [7, 11) is 3.23. The lowest BCUT2D eigenvalue weighted by Crippen LogP contribution is -2.13. The van der Waals surface area contributed by atoms with E-state index in [9.17, 15) is 0 Å². The molecule has 0 aliphatic rings. The summed E-state index contributed by atoms with van der Waals surface area (Å²) in [6, 6.07) is 7.70. The standard InChI is InChI=1S/C14H19ClN2O2/c1-10(2)13(17-14(15)16-3)19-9-11-6-5-7-12(8-11)18-4/h5-8,10H,9H2,1-4H3. The van der Waals surface area contributed by atoms with Gasteiger partial charge in [0.25, 0.3) is 0 Å². The van der Waals surface area contributed by atoms with Gasteiger partial charge in [0.2, 0.25) is 5.29 Å². The highest BCUT2D eigenvalue weighted by molar-refractivity contribution is 6.65. The molecule has 0 bridgehead atoms. The number of halogens is 1. The Morgan fingerprint density at radius 3 is 2.68 bits per heavy atom. The first-order chi connectivity index (χ1) is 9.06. The van der Waals surface area contributed by atoms with Crippen LogP contribution in [0, 0.1) is 5.92 Å². The van der Waals surface area contributed by atoms with E-state index in [2.05, 4.69) is 9.98 Å². The van der Waals surface area contributed by atoms with Crippen LogP contribution in [0.3, 0.4) is 0 Å². The molecule has 0 aliphatic heterocycles. The molecule has 0 radical (unpaired) electrons. The Morgan fingerprint density at radius 2 is 2.11 bits per heavy atom. The first kappa shape index (κ1) is 15.5. The number of nitrogens with zero attached hydrogens (tertiary/aromatic N) is 2. The van der Waals surface area contributed by atoms with Crippen LogP contribution in [0.2, 0.25) is 0 Å². The fraction of sp³-hybridized carbons (Fsp3) is 0.429. The van der Waals surface area contributed by atoms with Gasteiger partial charge in [0.1, 0.15) is 12.4 Å². The van der Waals surface area contributed by atoms with E-state index in [1.54, 1.807) is 14.2 Å². The first-order valence-electron chi connectivity index (χ1n) is 6.03. The van der Waals surface area contributed by atoms with Gasteiger partial charge in [-0.1, -0.05) is 26.0 Å². The van der Waals surface area contributed by atoms with E-state index >= 15 is 0 Å². The number of amidine groups is 1. The van der Waals surface area contributed by atoms with E-state index in [0.29, 0.717) is 12.5 Å². The molecule has 0 atom stereocenters. The van der Waals surface area contributed by atoms with E-state index in [1.165, 1.54) is 0 Å². The smallest absolute Gasteiger partial charge is 0.220 e. The van der Waals surface area contributed by atoms with Gasteiger partial charge in [-0.05, 0) is 29.3 Å². The van der Waals surface area contributed by atoms with Crippen molar-refractivity contribution in [2.24, 2.45) is 15.9 Å². The molecule has 0 saturated heterocycles. The monoisotopic (exact) mass is 282 g/mol. The van der Waals surface area contributed by atoms with Gasteiger partial charge in [0.15, 0.2) is 5.90 Å². The van der Waals surface area contributed by atoms with Crippen molar-refractivity contribution in [1.29, 1.82) is 0 Å². The van der Waals surface area contributed by atoms with Crippen LogP contribution < -0.4 is 4.74 Å². The fourth-order valence-corrected chi connectivity index (χ4v) is 1.47. The van der Waals surface area contributed by atoms with E-state index in [-0.39, 0.29) is 11.2 Å². The minimum atomic E-state index is 0.140. The highest BCUT2D eigenvalue weighted by atomic mass is 35.5. The van der Waals surface area contributed by atoms with Crippen molar-refractivity contribution in [2.45, 2.75) is 20.5 Å². The second kappa shape index (κ2) is 7.79. The van der Waals surface area contributed by atoms with Crippen LogP contribution in [-0.2, 0) is 11.3 Å². The zero-order chi connectivity index (χ0) is 14.3. The minimum absolute atomic E-state index is 0.140. The summed E-state index contributed by atoms with van der Waals surface area (Å²) in [5.74, 6) is 1.51. The summed E-state index contributed by atoms with van der Waals surface area (Å²) >= 11 is 5.80. The van der Waals surface area contributed by atoms with Crippen LogP contribution in [0.15, 0.2) is 34.3 Å². The number of benzene rings is 1. The Hall–Kier alpha value is -1.55. The van der Waals surface area contributed by atoms with Crippen LogP contribution in [0.4, 0.5) is 0 Å². The molecule has 19 heavy (non-hydrogen) atoms. The second-order valence-corrected chi connectivity index (χ2v) is 4.58. The molecule has 0 amide bonds. The Kier molecular flexibility index (Phi) is 6.36. The molecule has 0 spiro atoms. The summed E-state index contributed by atoms with van der Waals surface area (Å²) in [6.45, 7) is 4.40. The van der Waals surface area contributed by atoms with Crippen LogP contribution in [0.5, 0.6) is 5.75 Å². The summed E-state index contributed by atoms with van der Waals surface area (Å²) in [5, 5.41) is 0.189. The number of ether oxygens (including phenoxy) is 2. The summed E-state index contributed by atoms with van der Waals surface area (Å²) < 4.78 is 10.9. The zero-order valence-corrected chi connectivity index (χ0v) is 12.4. The number of aliphatic imine (C=N–C) groups is 2. The van der Waals surface area contributed by atoms with Gasteiger partial charge in [0, 0.05) is 13.0 Å². The van der Waals surface area contributed by atoms with Crippen LogP contribution in [-0.4, -0.2) is 25.4 Å². The lowest BCUT2D eigenvalue weighted by Gasteiger charge is -2.12. The predicted molar refractivity (Wildman–Crippen MR) is 79.3 cm³/mol. The third-order valence-electron chi connectivity index (χ3n) is 2.40. The summed E-state index contributed by atoms with van der Waals surface area (Å²) in [4.78, 5) is 7.92. The van der Waals surface area contributed by atoms with Crippen molar-refractivity contribution < 1.29 is 9.47 Å². The maximum Gasteiger partial charge on any atom is 0.220 e. The number of hydrogen-bond acceptors (Lipinski definition) is 3. The Balaban J connectivity index is 2.74. The molecular formula is C14H19ClN2O2. The largest absolute Gasteiger partial charge is 0.497 e.